The lowest BCUT2D eigenvalue weighted by atomic mass is 10.1. The highest BCUT2D eigenvalue weighted by molar-refractivity contribution is 7.18. The van der Waals surface area contributed by atoms with Crippen LogP contribution in [0, 0.1) is 17.0 Å². The molecular formula is C11H12N4O2S. The van der Waals surface area contributed by atoms with Crippen molar-refractivity contribution in [2.24, 2.45) is 0 Å². The third kappa shape index (κ3) is 1.91. The molecular weight excluding hydrogens is 252 g/mol. The first-order valence-corrected chi connectivity index (χ1v) is 6.48. The summed E-state index contributed by atoms with van der Waals surface area (Å²) >= 11 is 1.48. The molecule has 1 aliphatic rings. The van der Waals surface area contributed by atoms with Gasteiger partial charge in [0.25, 0.3) is 5.69 Å². The first-order chi connectivity index (χ1) is 8.63. The first-order valence-electron chi connectivity index (χ1n) is 5.66. The average molecular weight is 264 g/mol. The molecule has 2 heterocycles. The zero-order valence-electron chi connectivity index (χ0n) is 9.77. The number of hydrogen-bond acceptors (Lipinski definition) is 6. The molecule has 0 unspecified atom stereocenters. The Morgan fingerprint density at radius 2 is 2.33 bits per heavy atom. The Balaban J connectivity index is 2.07. The number of anilines is 1. The third-order valence-corrected chi connectivity index (χ3v) is 3.88. The number of rotatable bonds is 3. The molecule has 3 rings (SSSR count). The molecule has 0 aliphatic carbocycles. The Morgan fingerprint density at radius 1 is 1.56 bits per heavy atom. The van der Waals surface area contributed by atoms with E-state index in [4.69, 9.17) is 0 Å². The van der Waals surface area contributed by atoms with Gasteiger partial charge < -0.3 is 10.6 Å². The maximum absolute atomic E-state index is 11.1. The van der Waals surface area contributed by atoms with Gasteiger partial charge in [-0.3, -0.25) is 10.1 Å². The van der Waals surface area contributed by atoms with E-state index in [1.165, 1.54) is 11.3 Å². The number of nitrogens with one attached hydrogen (secondary N) is 2. The van der Waals surface area contributed by atoms with Gasteiger partial charge in [-0.05, 0) is 13.0 Å². The Bertz CT molecular complexity index is 621. The molecule has 7 heteroatoms. The summed E-state index contributed by atoms with van der Waals surface area (Å²) in [5, 5.41) is 18.3. The van der Waals surface area contributed by atoms with Crippen LogP contribution in [-0.4, -0.2) is 29.0 Å². The van der Waals surface area contributed by atoms with E-state index in [0.29, 0.717) is 5.69 Å². The molecule has 0 radical (unpaired) electrons. The Labute approximate surface area is 107 Å². The van der Waals surface area contributed by atoms with Gasteiger partial charge >= 0.3 is 0 Å². The van der Waals surface area contributed by atoms with Gasteiger partial charge in [0, 0.05) is 19.2 Å². The van der Waals surface area contributed by atoms with E-state index >= 15 is 0 Å². The summed E-state index contributed by atoms with van der Waals surface area (Å²) in [5.74, 6) is 0. The first kappa shape index (κ1) is 11.4. The Kier molecular flexibility index (Phi) is 2.64. The van der Waals surface area contributed by atoms with E-state index in [1.807, 2.05) is 6.92 Å². The van der Waals surface area contributed by atoms with Crippen molar-refractivity contribution in [2.45, 2.75) is 13.0 Å². The van der Waals surface area contributed by atoms with Gasteiger partial charge in [-0.15, -0.1) is 11.3 Å². The summed E-state index contributed by atoms with van der Waals surface area (Å²) in [6.07, 6.45) is 0. The number of nitro groups is 1. The smallest absolute Gasteiger partial charge is 0.293 e. The van der Waals surface area contributed by atoms with Crippen molar-refractivity contribution < 1.29 is 4.92 Å². The van der Waals surface area contributed by atoms with E-state index in [0.717, 1.165) is 28.3 Å². The van der Waals surface area contributed by atoms with Gasteiger partial charge in [-0.2, -0.15) is 0 Å². The highest BCUT2D eigenvalue weighted by atomic mass is 32.1. The fourth-order valence-electron chi connectivity index (χ4n) is 1.96. The average Bonchev–Trinajstić information content (AvgIpc) is 2.61. The van der Waals surface area contributed by atoms with Gasteiger partial charge in [0.2, 0.25) is 0 Å². The second kappa shape index (κ2) is 4.18. The molecule has 1 aromatic carbocycles. The van der Waals surface area contributed by atoms with Crippen molar-refractivity contribution in [1.29, 1.82) is 0 Å². The molecule has 0 spiro atoms. The number of thiazole rings is 1. The standard InChI is InChI=1S/C11H12N4O2S/c1-6-13-9-2-8(14-7-4-12-5-7)10(15(16)17)3-11(9)18-6/h2-3,7,12,14H,4-5H2,1H3. The second-order valence-corrected chi connectivity index (χ2v) is 5.56. The van der Waals surface area contributed by atoms with Crippen LogP contribution in [0.5, 0.6) is 0 Å². The molecule has 18 heavy (non-hydrogen) atoms. The molecule has 94 valence electrons. The number of benzene rings is 1. The Morgan fingerprint density at radius 3 is 2.94 bits per heavy atom. The number of nitro benzene ring substituents is 1. The van der Waals surface area contributed by atoms with Gasteiger partial charge in [-0.25, -0.2) is 4.98 Å². The number of aromatic nitrogens is 1. The molecule has 1 fully saturated rings. The molecule has 6 nitrogen and oxygen atoms in total. The molecule has 0 saturated carbocycles. The van der Waals surface area contributed by atoms with E-state index in [2.05, 4.69) is 15.6 Å². The molecule has 2 aromatic rings. The van der Waals surface area contributed by atoms with Crippen LogP contribution in [0.15, 0.2) is 12.1 Å². The fraction of sp³-hybridized carbons (Fsp3) is 0.364. The number of nitrogens with zero attached hydrogens (tertiary/aromatic N) is 2. The van der Waals surface area contributed by atoms with Crippen LogP contribution < -0.4 is 10.6 Å². The highest BCUT2D eigenvalue weighted by Gasteiger charge is 2.22. The number of hydrogen-bond donors (Lipinski definition) is 2. The molecule has 1 aliphatic heterocycles. The van der Waals surface area contributed by atoms with Crippen LogP contribution in [0.4, 0.5) is 11.4 Å². The maximum Gasteiger partial charge on any atom is 0.293 e. The van der Waals surface area contributed by atoms with Crippen LogP contribution in [0.25, 0.3) is 10.2 Å². The van der Waals surface area contributed by atoms with Crippen molar-refractivity contribution in [2.75, 3.05) is 18.4 Å². The molecule has 0 bridgehead atoms. The third-order valence-electron chi connectivity index (χ3n) is 2.95. The summed E-state index contributed by atoms with van der Waals surface area (Å²) in [6, 6.07) is 3.64. The predicted octanol–water partition coefficient (Wildman–Crippen LogP) is 1.90. The zero-order chi connectivity index (χ0) is 12.7. The fourth-order valence-corrected chi connectivity index (χ4v) is 2.80. The van der Waals surface area contributed by atoms with Crippen molar-refractivity contribution in [3.05, 3.63) is 27.3 Å². The van der Waals surface area contributed by atoms with E-state index in [-0.39, 0.29) is 16.7 Å². The maximum atomic E-state index is 11.1. The topological polar surface area (TPSA) is 80.1 Å². The number of aryl methyl sites for hydroxylation is 1. The SMILES string of the molecule is Cc1nc2cc(NC3CNC3)c([N+](=O)[O-])cc2s1. The normalized spacial score (nSPS) is 15.6. The highest BCUT2D eigenvalue weighted by Crippen LogP contribution is 2.33. The molecule has 0 atom stereocenters. The lowest BCUT2D eigenvalue weighted by Crippen LogP contribution is -2.51. The largest absolute Gasteiger partial charge is 0.374 e. The summed E-state index contributed by atoms with van der Waals surface area (Å²) < 4.78 is 0.858. The molecule has 1 saturated heterocycles. The predicted molar refractivity (Wildman–Crippen MR) is 71.3 cm³/mol. The van der Waals surface area contributed by atoms with E-state index in [9.17, 15) is 10.1 Å². The molecule has 0 amide bonds. The summed E-state index contributed by atoms with van der Waals surface area (Å²) in [6.45, 7) is 3.58. The van der Waals surface area contributed by atoms with Crippen LogP contribution in [0.2, 0.25) is 0 Å². The van der Waals surface area contributed by atoms with Crippen LogP contribution in [-0.2, 0) is 0 Å². The minimum absolute atomic E-state index is 0.123. The van der Waals surface area contributed by atoms with Gasteiger partial charge in [-0.1, -0.05) is 0 Å². The summed E-state index contributed by atoms with van der Waals surface area (Å²) in [5.41, 5.74) is 1.50. The van der Waals surface area contributed by atoms with Crippen molar-refractivity contribution in [3.8, 4) is 0 Å². The second-order valence-electron chi connectivity index (χ2n) is 4.33. The summed E-state index contributed by atoms with van der Waals surface area (Å²) in [4.78, 5) is 15.1. The van der Waals surface area contributed by atoms with Crippen molar-refractivity contribution in [1.82, 2.24) is 10.3 Å². The minimum Gasteiger partial charge on any atom is -0.374 e. The van der Waals surface area contributed by atoms with Crippen LogP contribution in [0.1, 0.15) is 5.01 Å². The lowest BCUT2D eigenvalue weighted by Gasteiger charge is -2.28. The zero-order valence-corrected chi connectivity index (χ0v) is 10.6. The van der Waals surface area contributed by atoms with Crippen LogP contribution in [0.3, 0.4) is 0 Å². The van der Waals surface area contributed by atoms with Gasteiger partial charge in [0.1, 0.15) is 5.69 Å². The van der Waals surface area contributed by atoms with Crippen LogP contribution >= 0.6 is 11.3 Å². The summed E-state index contributed by atoms with van der Waals surface area (Å²) in [7, 11) is 0. The van der Waals surface area contributed by atoms with Crippen molar-refractivity contribution in [3.63, 3.8) is 0 Å². The van der Waals surface area contributed by atoms with E-state index < -0.39 is 0 Å². The monoisotopic (exact) mass is 264 g/mol. The quantitative estimate of drug-likeness (QED) is 0.653. The minimum atomic E-state index is -0.344. The lowest BCUT2D eigenvalue weighted by molar-refractivity contribution is -0.383. The van der Waals surface area contributed by atoms with Gasteiger partial charge in [0.15, 0.2) is 0 Å². The van der Waals surface area contributed by atoms with Crippen molar-refractivity contribution >= 4 is 32.9 Å². The van der Waals surface area contributed by atoms with Gasteiger partial charge in [0.05, 0.1) is 26.2 Å². The molecule has 2 N–H and O–H groups in total. The van der Waals surface area contributed by atoms with E-state index in [1.54, 1.807) is 12.1 Å². The molecule has 1 aromatic heterocycles. The Hall–Kier alpha value is -1.73. The number of fused-ring (bicyclic) bond motifs is 1.